The van der Waals surface area contributed by atoms with E-state index < -0.39 is 31.0 Å². The molecule has 25 heavy (non-hydrogen) atoms. The number of amides is 1. The van der Waals surface area contributed by atoms with E-state index in [1.807, 2.05) is 13.8 Å². The predicted molar refractivity (Wildman–Crippen MR) is 113 cm³/mol. The van der Waals surface area contributed by atoms with Gasteiger partial charge in [-0.25, -0.2) is 0 Å². The monoisotopic (exact) mass is 443 g/mol. The first-order chi connectivity index (χ1) is 11.6. The van der Waals surface area contributed by atoms with E-state index in [0.29, 0.717) is 0 Å². The summed E-state index contributed by atoms with van der Waals surface area (Å²) in [4.78, 5) is 48.2. The van der Waals surface area contributed by atoms with E-state index in [0.717, 1.165) is 6.42 Å². The summed E-state index contributed by atoms with van der Waals surface area (Å²) in [6, 6.07) is 0. The number of cyclic esters (lactones) is 1. The lowest BCUT2D eigenvalue weighted by Crippen LogP contribution is -2.58. The van der Waals surface area contributed by atoms with Crippen molar-refractivity contribution in [2.24, 2.45) is 11.8 Å². The molecule has 0 aromatic heterocycles. The van der Waals surface area contributed by atoms with Gasteiger partial charge in [0.15, 0.2) is 11.9 Å². The minimum Gasteiger partial charge on any atom is -0.451 e. The van der Waals surface area contributed by atoms with Crippen molar-refractivity contribution in [3.63, 3.8) is 0 Å². The molecule has 1 aliphatic heterocycles. The van der Waals surface area contributed by atoms with Gasteiger partial charge in [-0.2, -0.15) is 0 Å². The molecule has 1 fully saturated rings. The minimum absolute atomic E-state index is 0.0358. The van der Waals surface area contributed by atoms with Crippen LogP contribution in [0.25, 0.3) is 0 Å². The number of hydrogen-bond acceptors (Lipinski definition) is 5. The van der Waals surface area contributed by atoms with Gasteiger partial charge >= 0.3 is 5.97 Å². The summed E-state index contributed by atoms with van der Waals surface area (Å²) in [5.74, 6) is -2.09. The van der Waals surface area contributed by atoms with Crippen molar-refractivity contribution in [2.75, 3.05) is 0 Å². The Morgan fingerprint density at radius 2 is 1.96 bits per heavy atom. The van der Waals surface area contributed by atoms with Crippen LogP contribution in [-0.2, 0) is 23.9 Å². The van der Waals surface area contributed by atoms with Gasteiger partial charge < -0.3 is 10.1 Å². The minimum atomic E-state index is -0.830. The third-order valence-corrected chi connectivity index (χ3v) is 9.58. The lowest BCUT2D eigenvalue weighted by Gasteiger charge is -2.37. The highest BCUT2D eigenvalue weighted by Gasteiger charge is 2.50. The quantitative estimate of drug-likeness (QED) is 0.414. The molecule has 0 bridgehead atoms. The summed E-state index contributed by atoms with van der Waals surface area (Å²) < 4.78 is 5.00. The highest BCUT2D eigenvalue weighted by Crippen LogP contribution is 2.58. The van der Waals surface area contributed by atoms with Crippen LogP contribution >= 0.6 is 42.4 Å². The molecule has 1 rings (SSSR count). The van der Waals surface area contributed by atoms with Crippen molar-refractivity contribution >= 4 is 65.8 Å². The Hall–Kier alpha value is 0.430. The third kappa shape index (κ3) is 6.23. The molecule has 0 saturated carbocycles. The Kier molecular flexibility index (Phi) is 10.0. The Morgan fingerprint density at radius 3 is 2.36 bits per heavy atom. The maximum atomic E-state index is 12.5. The average molecular weight is 443 g/mol. The Labute approximate surface area is 158 Å². The molecule has 1 heterocycles. The lowest BCUT2D eigenvalue weighted by atomic mass is 9.83. The molecule has 142 valence electrons. The van der Waals surface area contributed by atoms with E-state index in [-0.39, 0.29) is 43.8 Å². The molecular weight excluding hydrogens is 417 g/mol. The summed E-state index contributed by atoms with van der Waals surface area (Å²) in [7, 11) is 6.96. The second-order valence-electron chi connectivity index (χ2n) is 6.12. The highest BCUT2D eigenvalue weighted by atomic mass is 32.4. The van der Waals surface area contributed by atoms with Crippen LogP contribution in [0.15, 0.2) is 0 Å². The summed E-state index contributed by atoms with van der Waals surface area (Å²) in [5, 5.41) is 2.69. The Morgan fingerprint density at radius 1 is 1.36 bits per heavy atom. The smallest absolute Gasteiger partial charge is 0.314 e. The van der Waals surface area contributed by atoms with Crippen molar-refractivity contribution in [2.45, 2.75) is 51.2 Å². The van der Waals surface area contributed by atoms with E-state index >= 15 is 0 Å². The fraction of sp³-hybridized carbons (Fsp3) is 0.714. The zero-order chi connectivity index (χ0) is 19.3. The molecule has 1 aliphatic rings. The molecule has 1 saturated heterocycles. The number of nitrogens with one attached hydrogen (secondary N) is 1. The Balaban J connectivity index is 2.71. The standard InChI is InChI=1S/C14H26NO5P5/c1-4-6(2)10-11(20-14(10)19)12(18)15-13(24-21)8(17)5-9(7(3)16)25(22)23/h6,9-11,13,24H,4-5,21-23H2,1-3H3,(H,15,18)/t6-,9+,10-,11+,13-/m0/s1. The van der Waals surface area contributed by atoms with E-state index in [1.54, 1.807) is 0 Å². The van der Waals surface area contributed by atoms with Crippen LogP contribution in [0.1, 0.15) is 33.6 Å². The van der Waals surface area contributed by atoms with Gasteiger partial charge in [0.2, 0.25) is 0 Å². The van der Waals surface area contributed by atoms with E-state index in [1.165, 1.54) is 6.92 Å². The van der Waals surface area contributed by atoms with E-state index in [2.05, 4.69) is 32.1 Å². The van der Waals surface area contributed by atoms with Crippen LogP contribution in [0.3, 0.4) is 0 Å². The molecule has 0 aromatic carbocycles. The normalized spacial score (nSPS) is 23.7. The van der Waals surface area contributed by atoms with Crippen LogP contribution < -0.4 is 5.32 Å². The van der Waals surface area contributed by atoms with Crippen LogP contribution in [0, 0.1) is 11.8 Å². The number of ether oxygens (including phenoxy) is 1. The number of rotatable bonds is 10. The topological polar surface area (TPSA) is 89.5 Å². The molecule has 4 unspecified atom stereocenters. The van der Waals surface area contributed by atoms with Crippen molar-refractivity contribution < 1.29 is 23.9 Å². The fourth-order valence-electron chi connectivity index (χ4n) is 2.54. The van der Waals surface area contributed by atoms with Gasteiger partial charge in [-0.15, -0.1) is 26.8 Å². The number of carbonyl (C=O) groups is 4. The zero-order valence-corrected chi connectivity index (χ0v) is 19.9. The first-order valence-corrected chi connectivity index (χ1v) is 15.5. The fourth-order valence-corrected chi connectivity index (χ4v) is 6.58. The molecule has 0 spiro atoms. The van der Waals surface area contributed by atoms with Crippen molar-refractivity contribution in [3.05, 3.63) is 0 Å². The molecule has 1 amide bonds. The van der Waals surface area contributed by atoms with Gasteiger partial charge in [-0.05, 0) is 12.8 Å². The first kappa shape index (κ1) is 23.5. The zero-order valence-electron chi connectivity index (χ0n) is 14.5. The second kappa shape index (κ2) is 10.7. The van der Waals surface area contributed by atoms with Gasteiger partial charge in [-0.3, -0.25) is 19.2 Å². The van der Waals surface area contributed by atoms with Gasteiger partial charge in [-0.1, -0.05) is 35.8 Å². The molecule has 11 heteroatoms. The van der Waals surface area contributed by atoms with Gasteiger partial charge in [0.1, 0.15) is 17.5 Å². The van der Waals surface area contributed by atoms with E-state index in [9.17, 15) is 19.2 Å². The number of Topliss-reactive ketones (excluding diaryl/α,β-unsaturated/α-hetero) is 2. The maximum absolute atomic E-state index is 12.5. The SMILES string of the molecule is CC[C@H](C)[C@@H]1C(=O)O[C@H]1C(=O)N[C@@H](PP)C(=O)C[C@H](C(C)=O)P(P)P. The molecule has 0 aliphatic carbocycles. The second-order valence-corrected chi connectivity index (χ2v) is 14.9. The van der Waals surface area contributed by atoms with E-state index in [4.69, 9.17) is 4.74 Å². The van der Waals surface area contributed by atoms with Gasteiger partial charge in [0, 0.05) is 6.42 Å². The predicted octanol–water partition coefficient (Wildman–Crippen LogP) is 2.46. The van der Waals surface area contributed by atoms with Crippen LogP contribution in [0.4, 0.5) is 0 Å². The maximum Gasteiger partial charge on any atom is 0.314 e. The lowest BCUT2D eigenvalue weighted by molar-refractivity contribution is -0.193. The molecule has 1 N–H and O–H groups in total. The molecule has 0 radical (unpaired) electrons. The average Bonchev–Trinajstić information content (AvgIpc) is 2.53. The Bertz CT molecular complexity index is 544. The molecule has 0 aromatic rings. The van der Waals surface area contributed by atoms with Crippen LogP contribution in [0.5, 0.6) is 0 Å². The summed E-state index contributed by atoms with van der Waals surface area (Å²) >= 11 is 0. The van der Waals surface area contributed by atoms with Gasteiger partial charge in [0.05, 0.1) is 5.66 Å². The van der Waals surface area contributed by atoms with Crippen LogP contribution in [-0.4, -0.2) is 41.0 Å². The number of ketones is 2. The van der Waals surface area contributed by atoms with Crippen LogP contribution in [0.2, 0.25) is 0 Å². The summed E-state index contributed by atoms with van der Waals surface area (Å²) in [6.45, 7) is 5.33. The molecular formula is C14H26NO5P5. The molecule has 9 atom stereocenters. The number of carbonyl (C=O) groups excluding carboxylic acids is 4. The summed E-state index contributed by atoms with van der Waals surface area (Å²) in [6.07, 6.45) is 0.0339. The van der Waals surface area contributed by atoms with Crippen molar-refractivity contribution in [1.29, 1.82) is 0 Å². The first-order valence-electron chi connectivity index (χ1n) is 7.92. The van der Waals surface area contributed by atoms with Gasteiger partial charge in [0.25, 0.3) is 5.91 Å². The summed E-state index contributed by atoms with van der Waals surface area (Å²) in [5.41, 5.74) is -0.354. The number of hydrogen-bond donors (Lipinski definition) is 1. The van der Waals surface area contributed by atoms with Crippen molar-refractivity contribution in [3.8, 4) is 0 Å². The highest BCUT2D eigenvalue weighted by molar-refractivity contribution is 8.43. The largest absolute Gasteiger partial charge is 0.451 e. The molecule has 6 nitrogen and oxygen atoms in total. The number of esters is 1. The third-order valence-electron chi connectivity index (χ3n) is 4.36. The van der Waals surface area contributed by atoms with Crippen molar-refractivity contribution in [1.82, 2.24) is 5.32 Å².